The summed E-state index contributed by atoms with van der Waals surface area (Å²) in [6.07, 6.45) is 1.84. The molecule has 0 saturated carbocycles. The second kappa shape index (κ2) is 3.34. The van der Waals surface area contributed by atoms with Crippen molar-refractivity contribution in [2.75, 3.05) is 5.73 Å². The van der Waals surface area contributed by atoms with Gasteiger partial charge in [-0.1, -0.05) is 12.1 Å². The number of fused-ring (bicyclic) bond motifs is 1. The van der Waals surface area contributed by atoms with E-state index < -0.39 is 0 Å². The lowest BCUT2D eigenvalue weighted by molar-refractivity contribution is -0.359. The Hall–Kier alpha value is -2.36. The third-order valence-electron chi connectivity index (χ3n) is 2.50. The van der Waals surface area contributed by atoms with E-state index in [9.17, 15) is 0 Å². The molecule has 0 amide bonds. The summed E-state index contributed by atoms with van der Waals surface area (Å²) in [4.78, 5) is 10.7. The summed E-state index contributed by atoms with van der Waals surface area (Å²) < 4.78 is 0. The van der Waals surface area contributed by atoms with Crippen molar-refractivity contribution < 1.29 is 4.98 Å². The topological polar surface area (TPSA) is 68.8 Å². The average Bonchev–Trinajstić information content (AvgIpc) is 2.73. The molecule has 3 aromatic rings. The highest BCUT2D eigenvalue weighted by molar-refractivity contribution is 5.78. The zero-order chi connectivity index (χ0) is 11.0. The SMILES string of the molecule is Nc1ccc(-c2nc3ccccc3[nH]2)c[nH+]1. The van der Waals surface area contributed by atoms with Gasteiger partial charge in [-0.15, -0.1) is 0 Å². The molecule has 4 heteroatoms. The molecular formula is C12H11N4+. The molecule has 0 aliphatic rings. The quantitative estimate of drug-likeness (QED) is 0.642. The van der Waals surface area contributed by atoms with Crippen LogP contribution in [0, 0.1) is 0 Å². The minimum absolute atomic E-state index is 0.639. The first-order chi connectivity index (χ1) is 7.83. The van der Waals surface area contributed by atoms with Gasteiger partial charge in [-0.25, -0.2) is 9.97 Å². The summed E-state index contributed by atoms with van der Waals surface area (Å²) in [5.41, 5.74) is 8.59. The van der Waals surface area contributed by atoms with Gasteiger partial charge >= 0.3 is 0 Å². The van der Waals surface area contributed by atoms with Gasteiger partial charge in [0.1, 0.15) is 5.82 Å². The zero-order valence-electron chi connectivity index (χ0n) is 8.57. The van der Waals surface area contributed by atoms with E-state index >= 15 is 0 Å². The number of benzene rings is 1. The molecule has 0 saturated heterocycles. The molecule has 0 spiro atoms. The van der Waals surface area contributed by atoms with Crippen LogP contribution in [0.2, 0.25) is 0 Å². The Kier molecular flexibility index (Phi) is 1.86. The van der Waals surface area contributed by atoms with Crippen LogP contribution in [0.5, 0.6) is 0 Å². The maximum Gasteiger partial charge on any atom is 0.270 e. The third-order valence-corrected chi connectivity index (χ3v) is 2.50. The lowest BCUT2D eigenvalue weighted by Crippen LogP contribution is -2.08. The van der Waals surface area contributed by atoms with Crippen LogP contribution < -0.4 is 10.7 Å². The molecule has 78 valence electrons. The number of hydrogen-bond donors (Lipinski definition) is 2. The molecule has 0 atom stereocenters. The number of pyridine rings is 1. The normalized spacial score (nSPS) is 10.8. The predicted octanol–water partition coefficient (Wildman–Crippen LogP) is 1.63. The first kappa shape index (κ1) is 8.91. The van der Waals surface area contributed by atoms with Crippen LogP contribution in [0.25, 0.3) is 22.4 Å². The number of hydrogen-bond acceptors (Lipinski definition) is 2. The smallest absolute Gasteiger partial charge is 0.270 e. The molecule has 2 heterocycles. The molecule has 3 rings (SSSR count). The van der Waals surface area contributed by atoms with E-state index in [0.29, 0.717) is 5.82 Å². The van der Waals surface area contributed by atoms with Crippen molar-refractivity contribution in [3.05, 3.63) is 42.6 Å². The van der Waals surface area contributed by atoms with E-state index in [4.69, 9.17) is 5.73 Å². The molecule has 0 bridgehead atoms. The Labute approximate surface area is 92.2 Å². The van der Waals surface area contributed by atoms with Gasteiger partial charge < -0.3 is 4.98 Å². The maximum atomic E-state index is 5.59. The molecule has 0 unspecified atom stereocenters. The van der Waals surface area contributed by atoms with Crippen molar-refractivity contribution in [1.29, 1.82) is 0 Å². The zero-order valence-corrected chi connectivity index (χ0v) is 8.57. The van der Waals surface area contributed by atoms with Gasteiger partial charge in [0.2, 0.25) is 0 Å². The minimum atomic E-state index is 0.639. The molecule has 0 aliphatic heterocycles. The first-order valence-corrected chi connectivity index (χ1v) is 5.05. The highest BCUT2D eigenvalue weighted by atomic mass is 14.9. The Morgan fingerprint density at radius 2 is 2.00 bits per heavy atom. The van der Waals surface area contributed by atoms with E-state index in [1.807, 2.05) is 42.6 Å². The summed E-state index contributed by atoms with van der Waals surface area (Å²) >= 11 is 0. The summed E-state index contributed by atoms with van der Waals surface area (Å²) in [5, 5.41) is 0. The number of nitrogens with two attached hydrogens (primary N) is 1. The molecule has 4 N–H and O–H groups in total. The number of aromatic nitrogens is 3. The summed E-state index contributed by atoms with van der Waals surface area (Å²) in [6.45, 7) is 0. The number of aromatic amines is 2. The second-order valence-corrected chi connectivity index (χ2v) is 3.64. The number of rotatable bonds is 1. The molecule has 2 aromatic heterocycles. The van der Waals surface area contributed by atoms with Crippen LogP contribution in [0.1, 0.15) is 0 Å². The summed E-state index contributed by atoms with van der Waals surface area (Å²) in [7, 11) is 0. The van der Waals surface area contributed by atoms with Crippen LogP contribution >= 0.6 is 0 Å². The fourth-order valence-electron chi connectivity index (χ4n) is 1.67. The Morgan fingerprint density at radius 1 is 1.12 bits per heavy atom. The van der Waals surface area contributed by atoms with Crippen molar-refractivity contribution in [2.24, 2.45) is 0 Å². The molecule has 1 aromatic carbocycles. The van der Waals surface area contributed by atoms with Crippen LogP contribution in [0.3, 0.4) is 0 Å². The molecule has 0 radical (unpaired) electrons. The van der Waals surface area contributed by atoms with Gasteiger partial charge in [0, 0.05) is 6.07 Å². The molecule has 16 heavy (non-hydrogen) atoms. The largest absolute Gasteiger partial charge is 0.338 e. The molecular weight excluding hydrogens is 200 g/mol. The molecule has 0 fully saturated rings. The van der Waals surface area contributed by atoms with Gasteiger partial charge in [0.15, 0.2) is 0 Å². The fourth-order valence-corrected chi connectivity index (χ4v) is 1.67. The van der Waals surface area contributed by atoms with E-state index in [-0.39, 0.29) is 0 Å². The van der Waals surface area contributed by atoms with E-state index in [1.165, 1.54) is 0 Å². The lowest BCUT2D eigenvalue weighted by Gasteiger charge is -1.92. The maximum absolute atomic E-state index is 5.59. The Morgan fingerprint density at radius 3 is 2.75 bits per heavy atom. The van der Waals surface area contributed by atoms with Crippen molar-refractivity contribution in [3.63, 3.8) is 0 Å². The number of anilines is 1. The van der Waals surface area contributed by atoms with E-state index in [1.54, 1.807) is 0 Å². The molecule has 4 nitrogen and oxygen atoms in total. The number of para-hydroxylation sites is 2. The highest BCUT2D eigenvalue weighted by Crippen LogP contribution is 2.18. The lowest BCUT2D eigenvalue weighted by atomic mass is 10.3. The standard InChI is InChI=1S/C12H10N4/c13-11-6-5-8(7-14-11)12-15-9-3-1-2-4-10(9)16-12/h1-7H,(H2,13,14)(H,15,16)/p+1. The number of H-pyrrole nitrogens is 2. The van der Waals surface area contributed by atoms with Crippen molar-refractivity contribution in [3.8, 4) is 11.4 Å². The summed E-state index contributed by atoms with van der Waals surface area (Å²) in [6, 6.07) is 11.7. The third kappa shape index (κ3) is 1.40. The van der Waals surface area contributed by atoms with Gasteiger partial charge in [-0.3, -0.25) is 5.73 Å². The van der Waals surface area contributed by atoms with Gasteiger partial charge in [0.05, 0.1) is 22.8 Å². The fraction of sp³-hybridized carbons (Fsp3) is 0. The number of imidazole rings is 1. The van der Waals surface area contributed by atoms with Crippen molar-refractivity contribution in [1.82, 2.24) is 9.97 Å². The molecule has 0 aliphatic carbocycles. The van der Waals surface area contributed by atoms with Gasteiger partial charge in [-0.05, 0) is 18.2 Å². The van der Waals surface area contributed by atoms with Gasteiger partial charge in [-0.2, -0.15) is 0 Å². The second-order valence-electron chi connectivity index (χ2n) is 3.64. The van der Waals surface area contributed by atoms with Crippen LogP contribution in [-0.2, 0) is 0 Å². The van der Waals surface area contributed by atoms with Crippen LogP contribution in [0.15, 0.2) is 42.6 Å². The summed E-state index contributed by atoms with van der Waals surface area (Å²) in [5.74, 6) is 1.48. The Balaban J connectivity index is 2.15. The number of nitrogens with one attached hydrogen (secondary N) is 2. The highest BCUT2D eigenvalue weighted by Gasteiger charge is 2.05. The number of nitrogen functional groups attached to an aromatic ring is 1. The predicted molar refractivity (Wildman–Crippen MR) is 62.5 cm³/mol. The number of nitrogens with zero attached hydrogens (tertiary/aromatic N) is 1. The van der Waals surface area contributed by atoms with E-state index in [2.05, 4.69) is 15.0 Å². The van der Waals surface area contributed by atoms with Crippen molar-refractivity contribution >= 4 is 16.9 Å². The van der Waals surface area contributed by atoms with Crippen LogP contribution in [-0.4, -0.2) is 9.97 Å². The minimum Gasteiger partial charge on any atom is -0.338 e. The first-order valence-electron chi connectivity index (χ1n) is 5.05. The van der Waals surface area contributed by atoms with Gasteiger partial charge in [0.25, 0.3) is 5.82 Å². The van der Waals surface area contributed by atoms with Crippen molar-refractivity contribution in [2.45, 2.75) is 0 Å². The monoisotopic (exact) mass is 211 g/mol. The average molecular weight is 211 g/mol. The Bertz CT molecular complexity index is 592. The van der Waals surface area contributed by atoms with E-state index in [0.717, 1.165) is 22.4 Å². The van der Waals surface area contributed by atoms with Crippen LogP contribution in [0.4, 0.5) is 5.82 Å².